The Morgan fingerprint density at radius 2 is 1.72 bits per heavy atom. The van der Waals surface area contributed by atoms with Crippen molar-refractivity contribution in [2.75, 3.05) is 0 Å². The summed E-state index contributed by atoms with van der Waals surface area (Å²) in [5.41, 5.74) is 4.22. The van der Waals surface area contributed by atoms with Gasteiger partial charge in [-0.05, 0) is 37.6 Å². The van der Waals surface area contributed by atoms with E-state index in [2.05, 4.69) is 5.32 Å². The molecule has 3 aromatic rings. The van der Waals surface area contributed by atoms with Gasteiger partial charge in [0.15, 0.2) is 5.76 Å². The molecule has 1 atom stereocenters. The lowest BCUT2D eigenvalue weighted by atomic mass is 10.1. The van der Waals surface area contributed by atoms with Crippen molar-refractivity contribution in [1.82, 2.24) is 10.8 Å². The van der Waals surface area contributed by atoms with Crippen LogP contribution in [0.25, 0.3) is 11.0 Å². The van der Waals surface area contributed by atoms with Gasteiger partial charge in [0.2, 0.25) is 0 Å². The van der Waals surface area contributed by atoms with Crippen LogP contribution in [0.5, 0.6) is 0 Å². The van der Waals surface area contributed by atoms with Crippen LogP contribution in [0, 0.1) is 6.92 Å². The number of carbonyl (C=O) groups is 2. The van der Waals surface area contributed by atoms with Crippen molar-refractivity contribution in [2.24, 2.45) is 0 Å². The van der Waals surface area contributed by atoms with Crippen LogP contribution in [0.3, 0.4) is 0 Å². The van der Waals surface area contributed by atoms with Crippen LogP contribution >= 0.6 is 0 Å². The molecule has 0 saturated carbocycles. The normalized spacial score (nSPS) is 12.0. The third-order valence-corrected chi connectivity index (χ3v) is 4.17. The van der Waals surface area contributed by atoms with Crippen LogP contribution in [-0.4, -0.2) is 17.0 Å². The maximum atomic E-state index is 12.5. The zero-order chi connectivity index (χ0) is 18.0. The maximum Gasteiger partial charge on any atom is 0.287 e. The Kier molecular flexibility index (Phi) is 4.54. The molecular weight excluding hydrogens is 320 g/mol. The zero-order valence-corrected chi connectivity index (χ0v) is 13.9. The molecule has 2 aromatic carbocycles. The smallest absolute Gasteiger partial charge is 0.287 e. The van der Waals surface area contributed by atoms with E-state index in [1.165, 1.54) is 0 Å². The summed E-state index contributed by atoms with van der Waals surface area (Å²) in [5, 5.41) is 12.4. The molecule has 0 spiro atoms. The van der Waals surface area contributed by atoms with Crippen molar-refractivity contribution >= 4 is 22.8 Å². The second-order valence-electron chi connectivity index (χ2n) is 5.81. The molecule has 2 amide bonds. The first-order chi connectivity index (χ1) is 12.0. The van der Waals surface area contributed by atoms with Crippen molar-refractivity contribution < 1.29 is 19.2 Å². The average Bonchev–Trinajstić information content (AvgIpc) is 2.98. The van der Waals surface area contributed by atoms with Gasteiger partial charge in [-0.3, -0.25) is 14.8 Å². The predicted molar refractivity (Wildman–Crippen MR) is 92.5 cm³/mol. The monoisotopic (exact) mass is 338 g/mol. The summed E-state index contributed by atoms with van der Waals surface area (Å²) in [4.78, 5) is 23.9. The van der Waals surface area contributed by atoms with Gasteiger partial charge < -0.3 is 9.73 Å². The molecule has 0 radical (unpaired) electrons. The highest BCUT2D eigenvalue weighted by Crippen LogP contribution is 2.25. The van der Waals surface area contributed by atoms with E-state index in [1.54, 1.807) is 29.7 Å². The zero-order valence-electron chi connectivity index (χ0n) is 13.9. The first-order valence-electron chi connectivity index (χ1n) is 7.84. The lowest BCUT2D eigenvalue weighted by Gasteiger charge is -2.14. The van der Waals surface area contributed by atoms with Crippen LogP contribution in [-0.2, 0) is 0 Å². The lowest BCUT2D eigenvalue weighted by Crippen LogP contribution is -2.27. The molecule has 0 aliphatic heterocycles. The molecule has 3 rings (SSSR count). The molecule has 128 valence electrons. The highest BCUT2D eigenvalue weighted by Gasteiger charge is 2.19. The minimum Gasteiger partial charge on any atom is -0.451 e. The van der Waals surface area contributed by atoms with Crippen LogP contribution in [0.1, 0.15) is 45.0 Å². The highest BCUT2D eigenvalue weighted by molar-refractivity contribution is 5.99. The SMILES string of the molecule is Cc1c(C(=O)N[C@H](C)c2ccc(C(=O)NO)cc2)oc2ccccc12. The van der Waals surface area contributed by atoms with E-state index in [0.29, 0.717) is 16.9 Å². The Morgan fingerprint density at radius 3 is 2.36 bits per heavy atom. The Balaban J connectivity index is 1.77. The van der Waals surface area contributed by atoms with Crippen LogP contribution in [0.4, 0.5) is 0 Å². The van der Waals surface area contributed by atoms with E-state index in [4.69, 9.17) is 9.62 Å². The topological polar surface area (TPSA) is 91.6 Å². The Morgan fingerprint density at radius 1 is 1.04 bits per heavy atom. The number of furan rings is 1. The molecule has 0 fully saturated rings. The number of hydrogen-bond donors (Lipinski definition) is 3. The van der Waals surface area contributed by atoms with E-state index >= 15 is 0 Å². The first-order valence-corrected chi connectivity index (χ1v) is 7.84. The van der Waals surface area contributed by atoms with Crippen LogP contribution < -0.4 is 10.8 Å². The summed E-state index contributed by atoms with van der Waals surface area (Å²) < 4.78 is 5.67. The second-order valence-corrected chi connectivity index (χ2v) is 5.81. The molecule has 0 bridgehead atoms. The van der Waals surface area contributed by atoms with Gasteiger partial charge in [-0.1, -0.05) is 30.3 Å². The largest absolute Gasteiger partial charge is 0.451 e. The van der Waals surface area contributed by atoms with E-state index in [0.717, 1.165) is 16.5 Å². The minimum atomic E-state index is -0.582. The molecule has 6 heteroatoms. The fraction of sp³-hybridized carbons (Fsp3) is 0.158. The average molecular weight is 338 g/mol. The number of para-hydroxylation sites is 1. The summed E-state index contributed by atoms with van der Waals surface area (Å²) in [6, 6.07) is 13.8. The van der Waals surface area contributed by atoms with Crippen LogP contribution in [0.2, 0.25) is 0 Å². The first kappa shape index (κ1) is 16.7. The molecule has 0 saturated heterocycles. The molecule has 1 heterocycles. The predicted octanol–water partition coefficient (Wildman–Crippen LogP) is 3.35. The quantitative estimate of drug-likeness (QED) is 0.502. The van der Waals surface area contributed by atoms with Gasteiger partial charge in [0, 0.05) is 16.5 Å². The molecule has 1 aromatic heterocycles. The van der Waals surface area contributed by atoms with Gasteiger partial charge >= 0.3 is 0 Å². The number of rotatable bonds is 4. The minimum absolute atomic E-state index is 0.272. The highest BCUT2D eigenvalue weighted by atomic mass is 16.5. The van der Waals surface area contributed by atoms with E-state index in [1.807, 2.05) is 38.1 Å². The molecule has 0 unspecified atom stereocenters. The van der Waals surface area contributed by atoms with Crippen molar-refractivity contribution in [3.05, 3.63) is 71.0 Å². The molecular formula is C19H18N2O4. The Hall–Kier alpha value is -3.12. The van der Waals surface area contributed by atoms with Crippen LogP contribution in [0.15, 0.2) is 52.9 Å². The van der Waals surface area contributed by atoms with Crippen molar-refractivity contribution in [3.63, 3.8) is 0 Å². The number of hydrogen-bond acceptors (Lipinski definition) is 4. The second kappa shape index (κ2) is 6.78. The molecule has 0 aliphatic carbocycles. The molecule has 6 nitrogen and oxygen atoms in total. The number of fused-ring (bicyclic) bond motifs is 1. The maximum absolute atomic E-state index is 12.5. The number of amides is 2. The Labute approximate surface area is 144 Å². The fourth-order valence-electron chi connectivity index (χ4n) is 2.72. The van der Waals surface area contributed by atoms with Gasteiger partial charge in [-0.15, -0.1) is 0 Å². The Bertz CT molecular complexity index is 928. The molecule has 25 heavy (non-hydrogen) atoms. The lowest BCUT2D eigenvalue weighted by molar-refractivity contribution is 0.0706. The van der Waals surface area contributed by atoms with E-state index < -0.39 is 5.91 Å². The van der Waals surface area contributed by atoms with Gasteiger partial charge in [0.1, 0.15) is 5.58 Å². The number of carbonyl (C=O) groups excluding carboxylic acids is 2. The third-order valence-electron chi connectivity index (χ3n) is 4.17. The summed E-state index contributed by atoms with van der Waals surface area (Å²) in [6.45, 7) is 3.70. The summed E-state index contributed by atoms with van der Waals surface area (Å²) in [5.74, 6) is -0.580. The van der Waals surface area contributed by atoms with Crippen molar-refractivity contribution in [1.29, 1.82) is 0 Å². The number of hydroxylamine groups is 1. The number of aryl methyl sites for hydroxylation is 1. The van der Waals surface area contributed by atoms with Gasteiger partial charge in [0.25, 0.3) is 11.8 Å². The summed E-state index contributed by atoms with van der Waals surface area (Å²) in [7, 11) is 0. The van der Waals surface area contributed by atoms with Gasteiger partial charge in [-0.2, -0.15) is 0 Å². The van der Waals surface area contributed by atoms with Crippen molar-refractivity contribution in [2.45, 2.75) is 19.9 Å². The number of benzene rings is 2. The van der Waals surface area contributed by atoms with E-state index in [9.17, 15) is 9.59 Å². The molecule has 0 aliphatic rings. The molecule has 3 N–H and O–H groups in total. The summed E-state index contributed by atoms with van der Waals surface area (Å²) >= 11 is 0. The third kappa shape index (κ3) is 3.25. The fourth-order valence-corrected chi connectivity index (χ4v) is 2.72. The van der Waals surface area contributed by atoms with Crippen molar-refractivity contribution in [3.8, 4) is 0 Å². The van der Waals surface area contributed by atoms with Gasteiger partial charge in [0.05, 0.1) is 6.04 Å². The number of nitrogens with one attached hydrogen (secondary N) is 2. The standard InChI is InChI=1S/C19H18N2O4/c1-11-15-5-3-4-6-16(15)25-17(11)19(23)20-12(2)13-7-9-14(10-8-13)18(22)21-24/h3-10,12,24H,1-2H3,(H,20,23)(H,21,22)/t12-/m1/s1. The van der Waals surface area contributed by atoms with E-state index in [-0.39, 0.29) is 11.9 Å². The van der Waals surface area contributed by atoms with Gasteiger partial charge in [-0.25, -0.2) is 5.48 Å². The summed E-state index contributed by atoms with van der Waals surface area (Å²) in [6.07, 6.45) is 0.